The minimum Gasteiger partial charge on any atom is -0.337 e. The Morgan fingerprint density at radius 1 is 1.56 bits per heavy atom. The maximum atomic E-state index is 11.3. The quantitative estimate of drug-likeness (QED) is 0.794. The normalized spacial score (nSPS) is 9.31. The Hall–Kier alpha value is -1.73. The van der Waals surface area contributed by atoms with Crippen LogP contribution in [0.15, 0.2) is 18.2 Å². The summed E-state index contributed by atoms with van der Waals surface area (Å²) < 4.78 is 0. The monoisotopic (exact) mass is 237 g/mol. The van der Waals surface area contributed by atoms with E-state index in [0.29, 0.717) is 23.7 Å². The standard InChI is InChI=1S/C11H12ClN3O/c1-8-3-4-9(7-10(8)12)15-11(16)14-6-2-5-13/h3-4,7H,2,6H2,1H3,(H2,14,15,16). The summed E-state index contributed by atoms with van der Waals surface area (Å²) in [5.41, 5.74) is 1.59. The lowest BCUT2D eigenvalue weighted by Gasteiger charge is -2.07. The van der Waals surface area contributed by atoms with Gasteiger partial charge < -0.3 is 10.6 Å². The summed E-state index contributed by atoms with van der Waals surface area (Å²) in [7, 11) is 0. The average molecular weight is 238 g/mol. The molecule has 0 saturated carbocycles. The fraction of sp³-hybridized carbons (Fsp3) is 0.273. The first-order valence-corrected chi connectivity index (χ1v) is 5.19. The van der Waals surface area contributed by atoms with Crippen LogP contribution in [0.25, 0.3) is 0 Å². The molecule has 0 aliphatic carbocycles. The zero-order valence-corrected chi connectivity index (χ0v) is 9.64. The highest BCUT2D eigenvalue weighted by Crippen LogP contribution is 2.19. The van der Waals surface area contributed by atoms with E-state index in [-0.39, 0.29) is 6.03 Å². The topological polar surface area (TPSA) is 64.9 Å². The van der Waals surface area contributed by atoms with Crippen LogP contribution in [0.1, 0.15) is 12.0 Å². The molecule has 4 nitrogen and oxygen atoms in total. The van der Waals surface area contributed by atoms with E-state index < -0.39 is 0 Å². The van der Waals surface area contributed by atoms with Crippen molar-refractivity contribution in [1.82, 2.24) is 5.32 Å². The third-order valence-corrected chi connectivity index (χ3v) is 2.36. The van der Waals surface area contributed by atoms with Crippen molar-refractivity contribution in [2.75, 3.05) is 11.9 Å². The molecule has 0 heterocycles. The lowest BCUT2D eigenvalue weighted by molar-refractivity contribution is 0.252. The fourth-order valence-electron chi connectivity index (χ4n) is 1.08. The van der Waals surface area contributed by atoms with Crippen LogP contribution in [-0.2, 0) is 0 Å². The second-order valence-electron chi connectivity index (χ2n) is 3.25. The number of anilines is 1. The van der Waals surface area contributed by atoms with Gasteiger partial charge in [-0.2, -0.15) is 5.26 Å². The first-order chi connectivity index (χ1) is 7.63. The summed E-state index contributed by atoms with van der Waals surface area (Å²) in [6, 6.07) is 6.88. The van der Waals surface area contributed by atoms with Gasteiger partial charge in [-0.15, -0.1) is 0 Å². The number of aryl methyl sites for hydroxylation is 1. The third-order valence-electron chi connectivity index (χ3n) is 1.95. The van der Waals surface area contributed by atoms with E-state index >= 15 is 0 Å². The van der Waals surface area contributed by atoms with Gasteiger partial charge in [-0.25, -0.2) is 4.79 Å². The van der Waals surface area contributed by atoms with E-state index in [1.807, 2.05) is 19.1 Å². The van der Waals surface area contributed by atoms with Crippen LogP contribution in [0.5, 0.6) is 0 Å². The zero-order chi connectivity index (χ0) is 12.0. The highest BCUT2D eigenvalue weighted by molar-refractivity contribution is 6.31. The Morgan fingerprint density at radius 2 is 2.31 bits per heavy atom. The van der Waals surface area contributed by atoms with Gasteiger partial charge in [-0.1, -0.05) is 17.7 Å². The van der Waals surface area contributed by atoms with Crippen molar-refractivity contribution in [1.29, 1.82) is 5.26 Å². The van der Waals surface area contributed by atoms with Crippen molar-refractivity contribution in [3.8, 4) is 6.07 Å². The summed E-state index contributed by atoms with van der Waals surface area (Å²) >= 11 is 5.91. The summed E-state index contributed by atoms with van der Waals surface area (Å²) in [6.45, 7) is 2.22. The summed E-state index contributed by atoms with van der Waals surface area (Å²) in [6.07, 6.45) is 0.294. The zero-order valence-electron chi connectivity index (χ0n) is 8.88. The molecule has 0 spiro atoms. The Morgan fingerprint density at radius 3 is 2.94 bits per heavy atom. The van der Waals surface area contributed by atoms with Gasteiger partial charge in [0.15, 0.2) is 0 Å². The van der Waals surface area contributed by atoms with Crippen LogP contribution in [-0.4, -0.2) is 12.6 Å². The smallest absolute Gasteiger partial charge is 0.319 e. The Balaban J connectivity index is 2.50. The van der Waals surface area contributed by atoms with Gasteiger partial charge >= 0.3 is 6.03 Å². The Bertz CT molecular complexity index is 426. The predicted molar refractivity (Wildman–Crippen MR) is 63.4 cm³/mol. The van der Waals surface area contributed by atoms with Gasteiger partial charge in [-0.05, 0) is 24.6 Å². The van der Waals surface area contributed by atoms with E-state index in [4.69, 9.17) is 16.9 Å². The molecule has 0 atom stereocenters. The van der Waals surface area contributed by atoms with Crippen LogP contribution >= 0.6 is 11.6 Å². The average Bonchev–Trinajstić information content (AvgIpc) is 2.24. The van der Waals surface area contributed by atoms with Crippen molar-refractivity contribution >= 4 is 23.3 Å². The number of hydrogen-bond donors (Lipinski definition) is 2. The molecule has 0 unspecified atom stereocenters. The summed E-state index contributed by atoms with van der Waals surface area (Å²) in [5.74, 6) is 0. The minimum absolute atomic E-state index is 0.294. The molecule has 2 N–H and O–H groups in total. The number of rotatable bonds is 3. The van der Waals surface area contributed by atoms with Gasteiger partial charge in [0, 0.05) is 17.3 Å². The number of carbonyl (C=O) groups excluding carboxylic acids is 1. The second-order valence-corrected chi connectivity index (χ2v) is 3.66. The molecule has 0 aliphatic heterocycles. The van der Waals surface area contributed by atoms with Crippen molar-refractivity contribution in [2.24, 2.45) is 0 Å². The Labute approximate surface area is 99.2 Å². The van der Waals surface area contributed by atoms with Gasteiger partial charge in [0.05, 0.1) is 12.5 Å². The molecular formula is C11H12ClN3O. The van der Waals surface area contributed by atoms with Gasteiger partial charge in [0.2, 0.25) is 0 Å². The van der Waals surface area contributed by atoms with Crippen molar-refractivity contribution < 1.29 is 4.79 Å². The summed E-state index contributed by atoms with van der Waals surface area (Å²) in [5, 5.41) is 14.1. The molecule has 0 bridgehead atoms. The number of urea groups is 1. The molecule has 0 fully saturated rings. The lowest BCUT2D eigenvalue weighted by Crippen LogP contribution is -2.29. The van der Waals surface area contributed by atoms with E-state index in [0.717, 1.165) is 5.56 Å². The molecule has 2 amide bonds. The van der Waals surface area contributed by atoms with Crippen LogP contribution in [0.4, 0.5) is 10.5 Å². The van der Waals surface area contributed by atoms with Crippen LogP contribution < -0.4 is 10.6 Å². The number of amides is 2. The van der Waals surface area contributed by atoms with Crippen molar-refractivity contribution in [2.45, 2.75) is 13.3 Å². The van der Waals surface area contributed by atoms with Crippen LogP contribution in [0, 0.1) is 18.3 Å². The second kappa shape index (κ2) is 5.99. The predicted octanol–water partition coefficient (Wildman–Crippen LogP) is 2.68. The highest BCUT2D eigenvalue weighted by Gasteiger charge is 2.02. The fourth-order valence-corrected chi connectivity index (χ4v) is 1.26. The molecule has 0 aromatic heterocycles. The molecule has 0 aliphatic rings. The SMILES string of the molecule is Cc1ccc(NC(=O)NCCC#N)cc1Cl. The van der Waals surface area contributed by atoms with Crippen molar-refractivity contribution in [3.63, 3.8) is 0 Å². The number of nitrogens with one attached hydrogen (secondary N) is 2. The maximum Gasteiger partial charge on any atom is 0.319 e. The first-order valence-electron chi connectivity index (χ1n) is 4.81. The largest absolute Gasteiger partial charge is 0.337 e. The third kappa shape index (κ3) is 3.79. The first kappa shape index (κ1) is 12.3. The van der Waals surface area contributed by atoms with Gasteiger partial charge in [-0.3, -0.25) is 0 Å². The van der Waals surface area contributed by atoms with E-state index in [1.54, 1.807) is 12.1 Å². The lowest BCUT2D eigenvalue weighted by atomic mass is 10.2. The van der Waals surface area contributed by atoms with Crippen molar-refractivity contribution in [3.05, 3.63) is 28.8 Å². The number of nitriles is 1. The van der Waals surface area contributed by atoms with E-state index in [1.165, 1.54) is 0 Å². The molecule has 84 valence electrons. The van der Waals surface area contributed by atoms with E-state index in [2.05, 4.69) is 10.6 Å². The van der Waals surface area contributed by atoms with Gasteiger partial charge in [0.25, 0.3) is 0 Å². The molecule has 16 heavy (non-hydrogen) atoms. The molecular weight excluding hydrogens is 226 g/mol. The highest BCUT2D eigenvalue weighted by atomic mass is 35.5. The van der Waals surface area contributed by atoms with Crippen LogP contribution in [0.3, 0.4) is 0 Å². The van der Waals surface area contributed by atoms with Crippen LogP contribution in [0.2, 0.25) is 5.02 Å². The number of hydrogen-bond acceptors (Lipinski definition) is 2. The number of halogens is 1. The number of benzene rings is 1. The molecule has 1 aromatic rings. The minimum atomic E-state index is -0.338. The number of nitrogens with zero attached hydrogens (tertiary/aromatic N) is 1. The molecule has 5 heteroatoms. The molecule has 0 radical (unpaired) electrons. The molecule has 1 aromatic carbocycles. The molecule has 1 rings (SSSR count). The Kier molecular flexibility index (Phi) is 4.62. The maximum absolute atomic E-state index is 11.3. The molecule has 0 saturated heterocycles. The van der Waals surface area contributed by atoms with E-state index in [9.17, 15) is 4.79 Å². The number of carbonyl (C=O) groups is 1. The van der Waals surface area contributed by atoms with Gasteiger partial charge in [0.1, 0.15) is 0 Å². The summed E-state index contributed by atoms with van der Waals surface area (Å²) in [4.78, 5) is 11.3.